The standard InChI is InChI=1S/C11H19ClN2O/c1-8(12)11(15)14-6-9-3-4-13(2)5-10(9)7-14/h8-10H,3-7H2,1-2H3. The van der Waals surface area contributed by atoms with Gasteiger partial charge in [-0.25, -0.2) is 0 Å². The summed E-state index contributed by atoms with van der Waals surface area (Å²) in [6.45, 7) is 5.89. The van der Waals surface area contributed by atoms with Crippen LogP contribution in [-0.4, -0.2) is 54.3 Å². The molecule has 0 saturated carbocycles. The Morgan fingerprint density at radius 2 is 2.00 bits per heavy atom. The second-order valence-electron chi connectivity index (χ2n) is 4.93. The van der Waals surface area contributed by atoms with Crippen molar-refractivity contribution in [2.45, 2.75) is 18.7 Å². The highest BCUT2D eigenvalue weighted by Gasteiger charge is 2.38. The average Bonchev–Trinajstić information content (AvgIpc) is 2.58. The third kappa shape index (κ3) is 2.28. The lowest BCUT2D eigenvalue weighted by Gasteiger charge is -2.31. The van der Waals surface area contributed by atoms with Crippen molar-refractivity contribution < 1.29 is 4.79 Å². The van der Waals surface area contributed by atoms with Gasteiger partial charge in [0.1, 0.15) is 5.38 Å². The lowest BCUT2D eigenvalue weighted by atomic mass is 9.89. The van der Waals surface area contributed by atoms with E-state index in [1.165, 1.54) is 13.0 Å². The second-order valence-corrected chi connectivity index (χ2v) is 5.58. The summed E-state index contributed by atoms with van der Waals surface area (Å²) < 4.78 is 0. The first kappa shape index (κ1) is 11.2. The van der Waals surface area contributed by atoms with Gasteiger partial charge in [-0.1, -0.05) is 0 Å². The SMILES string of the molecule is CC(Cl)C(=O)N1CC2CCN(C)CC2C1. The van der Waals surface area contributed by atoms with Gasteiger partial charge < -0.3 is 9.80 Å². The van der Waals surface area contributed by atoms with Crippen LogP contribution in [0.3, 0.4) is 0 Å². The van der Waals surface area contributed by atoms with Crippen LogP contribution in [0, 0.1) is 11.8 Å². The fourth-order valence-corrected chi connectivity index (χ4v) is 2.92. The van der Waals surface area contributed by atoms with Crippen LogP contribution in [0.4, 0.5) is 0 Å². The summed E-state index contributed by atoms with van der Waals surface area (Å²) in [4.78, 5) is 16.1. The lowest BCUT2D eigenvalue weighted by Crippen LogP contribution is -2.37. The molecule has 3 atom stereocenters. The number of carbonyl (C=O) groups excluding carboxylic acids is 1. The van der Waals surface area contributed by atoms with Gasteiger partial charge in [-0.3, -0.25) is 4.79 Å². The molecule has 2 aliphatic rings. The van der Waals surface area contributed by atoms with Crippen molar-refractivity contribution in [3.63, 3.8) is 0 Å². The van der Waals surface area contributed by atoms with Crippen LogP contribution in [0.25, 0.3) is 0 Å². The maximum atomic E-state index is 11.8. The summed E-state index contributed by atoms with van der Waals surface area (Å²) >= 11 is 5.83. The molecule has 1 amide bonds. The normalized spacial score (nSPS) is 33.9. The van der Waals surface area contributed by atoms with E-state index in [9.17, 15) is 4.79 Å². The van der Waals surface area contributed by atoms with Gasteiger partial charge in [0.25, 0.3) is 0 Å². The molecule has 86 valence electrons. The maximum absolute atomic E-state index is 11.8. The smallest absolute Gasteiger partial charge is 0.240 e. The number of hydrogen-bond acceptors (Lipinski definition) is 2. The molecule has 2 rings (SSSR count). The summed E-state index contributed by atoms with van der Waals surface area (Å²) in [6.07, 6.45) is 1.22. The Bertz CT molecular complexity index is 257. The number of fused-ring (bicyclic) bond motifs is 1. The minimum Gasteiger partial charge on any atom is -0.341 e. The Kier molecular flexibility index (Phi) is 3.21. The zero-order chi connectivity index (χ0) is 11.0. The van der Waals surface area contributed by atoms with Gasteiger partial charge in [-0.2, -0.15) is 0 Å². The van der Waals surface area contributed by atoms with Crippen molar-refractivity contribution in [1.82, 2.24) is 9.80 Å². The molecule has 2 aliphatic heterocycles. The van der Waals surface area contributed by atoms with Crippen LogP contribution in [0.5, 0.6) is 0 Å². The van der Waals surface area contributed by atoms with Crippen molar-refractivity contribution in [1.29, 1.82) is 0 Å². The molecule has 0 aliphatic carbocycles. The van der Waals surface area contributed by atoms with Crippen molar-refractivity contribution in [2.24, 2.45) is 11.8 Å². The summed E-state index contributed by atoms with van der Waals surface area (Å²) in [7, 11) is 2.16. The number of hydrogen-bond donors (Lipinski definition) is 0. The summed E-state index contributed by atoms with van der Waals surface area (Å²) in [6, 6.07) is 0. The van der Waals surface area contributed by atoms with Crippen LogP contribution in [0.2, 0.25) is 0 Å². The topological polar surface area (TPSA) is 23.6 Å². The van der Waals surface area contributed by atoms with Gasteiger partial charge in [0, 0.05) is 19.6 Å². The Labute approximate surface area is 96.4 Å². The second kappa shape index (κ2) is 4.30. The largest absolute Gasteiger partial charge is 0.341 e. The minimum absolute atomic E-state index is 0.105. The number of carbonyl (C=O) groups is 1. The number of rotatable bonds is 1. The van der Waals surface area contributed by atoms with Crippen molar-refractivity contribution in [3.05, 3.63) is 0 Å². The van der Waals surface area contributed by atoms with Crippen LogP contribution >= 0.6 is 11.6 Å². The molecule has 0 N–H and O–H groups in total. The molecule has 2 heterocycles. The van der Waals surface area contributed by atoms with E-state index in [2.05, 4.69) is 11.9 Å². The Balaban J connectivity index is 1.96. The predicted octanol–water partition coefficient (Wildman–Crippen LogP) is 1.02. The van der Waals surface area contributed by atoms with Gasteiger partial charge in [0.15, 0.2) is 0 Å². The molecule has 4 heteroatoms. The number of alkyl halides is 1. The number of amides is 1. The zero-order valence-electron chi connectivity index (χ0n) is 9.45. The highest BCUT2D eigenvalue weighted by Crippen LogP contribution is 2.31. The molecule has 2 saturated heterocycles. The highest BCUT2D eigenvalue weighted by atomic mass is 35.5. The zero-order valence-corrected chi connectivity index (χ0v) is 10.2. The molecule has 15 heavy (non-hydrogen) atoms. The molecule has 0 aromatic rings. The maximum Gasteiger partial charge on any atom is 0.240 e. The first-order chi connectivity index (χ1) is 7.08. The molecule has 2 fully saturated rings. The van der Waals surface area contributed by atoms with E-state index in [0.717, 1.165) is 19.6 Å². The Morgan fingerprint density at radius 1 is 1.33 bits per heavy atom. The first-order valence-corrected chi connectivity index (χ1v) is 6.13. The monoisotopic (exact) mass is 230 g/mol. The third-order valence-corrected chi connectivity index (χ3v) is 3.84. The summed E-state index contributed by atoms with van der Waals surface area (Å²) in [5, 5.41) is -0.372. The molecular weight excluding hydrogens is 212 g/mol. The van der Waals surface area contributed by atoms with Crippen LogP contribution in [0.1, 0.15) is 13.3 Å². The first-order valence-electron chi connectivity index (χ1n) is 5.69. The molecule has 0 aromatic carbocycles. The Morgan fingerprint density at radius 3 is 2.67 bits per heavy atom. The molecule has 3 unspecified atom stereocenters. The predicted molar refractivity (Wildman–Crippen MR) is 61.0 cm³/mol. The summed E-state index contributed by atoms with van der Waals surface area (Å²) in [5.74, 6) is 1.48. The van der Waals surface area contributed by atoms with Gasteiger partial charge >= 0.3 is 0 Å². The van der Waals surface area contributed by atoms with Crippen LogP contribution in [-0.2, 0) is 4.79 Å². The number of likely N-dealkylation sites (tertiary alicyclic amines) is 2. The van der Waals surface area contributed by atoms with Gasteiger partial charge in [-0.05, 0) is 38.8 Å². The number of nitrogens with zero attached hydrogens (tertiary/aromatic N) is 2. The minimum atomic E-state index is -0.372. The van der Waals surface area contributed by atoms with Gasteiger partial charge in [0.05, 0.1) is 0 Å². The van der Waals surface area contributed by atoms with E-state index in [0.29, 0.717) is 11.8 Å². The van der Waals surface area contributed by atoms with E-state index in [4.69, 9.17) is 11.6 Å². The van der Waals surface area contributed by atoms with E-state index in [-0.39, 0.29) is 11.3 Å². The van der Waals surface area contributed by atoms with E-state index >= 15 is 0 Å². The number of halogens is 1. The van der Waals surface area contributed by atoms with Crippen molar-refractivity contribution >= 4 is 17.5 Å². The fourth-order valence-electron chi connectivity index (χ4n) is 2.78. The molecule has 0 aromatic heterocycles. The molecule has 0 spiro atoms. The average molecular weight is 231 g/mol. The number of piperidine rings is 1. The third-order valence-electron chi connectivity index (χ3n) is 3.66. The highest BCUT2D eigenvalue weighted by molar-refractivity contribution is 6.30. The quantitative estimate of drug-likeness (QED) is 0.629. The van der Waals surface area contributed by atoms with Gasteiger partial charge in [0.2, 0.25) is 5.91 Å². The van der Waals surface area contributed by atoms with Crippen molar-refractivity contribution in [3.8, 4) is 0 Å². The Hall–Kier alpha value is -0.280. The summed E-state index contributed by atoms with van der Waals surface area (Å²) in [5.41, 5.74) is 0. The molecule has 3 nitrogen and oxygen atoms in total. The van der Waals surface area contributed by atoms with Crippen LogP contribution < -0.4 is 0 Å². The van der Waals surface area contributed by atoms with Crippen molar-refractivity contribution in [2.75, 3.05) is 33.2 Å². The van der Waals surface area contributed by atoms with Gasteiger partial charge in [-0.15, -0.1) is 11.6 Å². The lowest BCUT2D eigenvalue weighted by molar-refractivity contribution is -0.129. The fraction of sp³-hybridized carbons (Fsp3) is 0.909. The van der Waals surface area contributed by atoms with Crippen LogP contribution in [0.15, 0.2) is 0 Å². The molecule has 0 radical (unpaired) electrons. The van der Waals surface area contributed by atoms with E-state index in [1.807, 2.05) is 4.90 Å². The van der Waals surface area contributed by atoms with E-state index in [1.54, 1.807) is 6.92 Å². The van der Waals surface area contributed by atoms with E-state index < -0.39 is 0 Å². The molecule has 0 bridgehead atoms. The molecular formula is C11H19ClN2O.